The minimum atomic E-state index is -2.80. The topological polar surface area (TPSA) is 225 Å². The Kier molecular flexibility index (Phi) is 8.41. The molecule has 8 aliphatic rings. The van der Waals surface area contributed by atoms with Crippen molar-refractivity contribution in [3.05, 3.63) is 24.2 Å². The van der Waals surface area contributed by atoms with Crippen LogP contribution in [0.2, 0.25) is 0 Å². The van der Waals surface area contributed by atoms with E-state index in [9.17, 15) is 34.2 Å². The Labute approximate surface area is 347 Å². The van der Waals surface area contributed by atoms with Crippen molar-refractivity contribution in [1.82, 2.24) is 0 Å². The fraction of sp³-hybridized carbons (Fsp3) is 0.791. The Hall–Kier alpha value is -3.61. The summed E-state index contributed by atoms with van der Waals surface area (Å²) in [5, 5.41) is 28.1. The molecule has 17 nitrogen and oxygen atoms in total. The molecule has 4 aliphatic heterocycles. The van der Waals surface area contributed by atoms with E-state index in [1.165, 1.54) is 33.5 Å². The zero-order valence-electron chi connectivity index (χ0n) is 35.9. The molecule has 17 heteroatoms. The number of hydrogen-bond donors (Lipinski definition) is 2. The number of fused-ring (bicyclic) bond motifs is 2. The Morgan fingerprint density at radius 3 is 2.18 bits per heavy atom. The van der Waals surface area contributed by atoms with Gasteiger partial charge in [-0.2, -0.15) is 0 Å². The van der Waals surface area contributed by atoms with Crippen LogP contribution in [0.3, 0.4) is 0 Å². The third kappa shape index (κ3) is 4.28. The van der Waals surface area contributed by atoms with Crippen molar-refractivity contribution in [1.29, 1.82) is 0 Å². The first kappa shape index (κ1) is 41.7. The summed E-state index contributed by atoms with van der Waals surface area (Å²) in [5.74, 6) is -8.52. The smallest absolute Gasteiger partial charge is 0.341 e. The molecule has 1 aromatic rings. The van der Waals surface area contributed by atoms with Gasteiger partial charge < -0.3 is 57.3 Å². The van der Waals surface area contributed by atoms with Crippen molar-refractivity contribution < 1.29 is 81.2 Å². The van der Waals surface area contributed by atoms with Crippen LogP contribution >= 0.6 is 0 Å². The molecule has 0 amide bonds. The first-order chi connectivity index (χ1) is 27.8. The number of carbonyl (C=O) groups excluding carboxylic acids is 5. The predicted molar refractivity (Wildman–Crippen MR) is 198 cm³/mol. The van der Waals surface area contributed by atoms with Gasteiger partial charge in [0.05, 0.1) is 44.0 Å². The second kappa shape index (κ2) is 12.1. The monoisotopic (exact) mass is 844 g/mol. The summed E-state index contributed by atoms with van der Waals surface area (Å²) in [6.45, 7) is 16.5. The van der Waals surface area contributed by atoms with Gasteiger partial charge in [-0.05, 0) is 45.1 Å². The summed E-state index contributed by atoms with van der Waals surface area (Å²) >= 11 is 0. The number of methoxy groups -OCH3 is 1. The second-order valence-corrected chi connectivity index (χ2v) is 20.0. The molecular formula is C43H56O17. The average Bonchev–Trinajstić information content (AvgIpc) is 3.63. The van der Waals surface area contributed by atoms with E-state index in [-0.39, 0.29) is 12.8 Å². The summed E-state index contributed by atoms with van der Waals surface area (Å²) < 4.78 is 63.7. The van der Waals surface area contributed by atoms with Gasteiger partial charge in [-0.15, -0.1) is 0 Å². The Bertz CT molecular complexity index is 2070. The highest BCUT2D eigenvalue weighted by Gasteiger charge is 3.07. The fourth-order valence-electron chi connectivity index (χ4n) is 13.7. The molecular weight excluding hydrogens is 788 g/mol. The Balaban J connectivity index is 1.41. The molecule has 8 fully saturated rings. The maximum atomic E-state index is 14.4. The number of ether oxygens (including phenoxy) is 9. The quantitative estimate of drug-likeness (QED) is 0.196. The zero-order valence-corrected chi connectivity index (χ0v) is 35.9. The van der Waals surface area contributed by atoms with Gasteiger partial charge in [0.25, 0.3) is 5.97 Å². The van der Waals surface area contributed by atoms with Gasteiger partial charge in [0.1, 0.15) is 29.5 Å². The van der Waals surface area contributed by atoms with Gasteiger partial charge in [-0.3, -0.25) is 19.2 Å². The van der Waals surface area contributed by atoms with Crippen LogP contribution in [0.4, 0.5) is 0 Å². The van der Waals surface area contributed by atoms with Crippen LogP contribution in [0.15, 0.2) is 23.0 Å². The van der Waals surface area contributed by atoms with Crippen molar-refractivity contribution in [2.45, 2.75) is 171 Å². The number of epoxide rings is 1. The molecule has 9 rings (SSSR count). The fourth-order valence-corrected chi connectivity index (χ4v) is 13.7. The molecule has 0 radical (unpaired) electrons. The number of rotatable bonds is 10. The molecule has 1 aromatic heterocycles. The third-order valence-corrected chi connectivity index (χ3v) is 16.8. The summed E-state index contributed by atoms with van der Waals surface area (Å²) in [5.41, 5.74) is -17.8. The molecule has 4 saturated heterocycles. The van der Waals surface area contributed by atoms with Crippen LogP contribution in [0.25, 0.3) is 0 Å². The van der Waals surface area contributed by atoms with E-state index in [0.29, 0.717) is 12.0 Å². The lowest BCUT2D eigenvalue weighted by Gasteiger charge is -2.79. The molecule has 5 heterocycles. The van der Waals surface area contributed by atoms with Gasteiger partial charge in [0.2, 0.25) is 0 Å². The minimum Gasteiger partial charge on any atom is -0.472 e. The molecule has 4 bridgehead atoms. The van der Waals surface area contributed by atoms with Gasteiger partial charge in [-0.1, -0.05) is 48.5 Å². The molecule has 2 spiro atoms. The molecule has 2 N–H and O–H groups in total. The number of cyclic esters (lactones) is 1. The van der Waals surface area contributed by atoms with Crippen molar-refractivity contribution >= 4 is 29.8 Å². The first-order valence-electron chi connectivity index (χ1n) is 21.0. The van der Waals surface area contributed by atoms with E-state index < -0.39 is 147 Å². The molecule has 60 heavy (non-hydrogen) atoms. The van der Waals surface area contributed by atoms with E-state index in [1.54, 1.807) is 54.5 Å². The van der Waals surface area contributed by atoms with Gasteiger partial charge in [0.15, 0.2) is 28.5 Å². The highest BCUT2D eigenvalue weighted by Crippen LogP contribution is 2.89. The number of hydrogen-bond acceptors (Lipinski definition) is 17. The first-order valence-corrected chi connectivity index (χ1v) is 21.0. The van der Waals surface area contributed by atoms with E-state index in [0.717, 1.165) is 0 Å². The predicted octanol–water partition coefficient (Wildman–Crippen LogP) is 3.34. The summed E-state index contributed by atoms with van der Waals surface area (Å²) in [4.78, 5) is 71.1. The van der Waals surface area contributed by atoms with Crippen LogP contribution in [0.1, 0.15) is 113 Å². The maximum absolute atomic E-state index is 14.4. The van der Waals surface area contributed by atoms with Crippen LogP contribution in [-0.2, 0) is 66.6 Å². The van der Waals surface area contributed by atoms with Crippen molar-refractivity contribution in [2.75, 3.05) is 7.11 Å². The number of esters is 5. The van der Waals surface area contributed by atoms with Crippen LogP contribution in [0.5, 0.6) is 0 Å². The van der Waals surface area contributed by atoms with Crippen LogP contribution in [-0.4, -0.2) is 111 Å². The Morgan fingerprint density at radius 2 is 1.60 bits per heavy atom. The highest BCUT2D eigenvalue weighted by atomic mass is 17.0. The lowest BCUT2D eigenvalue weighted by atomic mass is 9.31. The van der Waals surface area contributed by atoms with Crippen molar-refractivity contribution in [2.24, 2.45) is 34.0 Å². The second-order valence-electron chi connectivity index (χ2n) is 20.0. The normalized spacial score (nSPS) is 51.6. The van der Waals surface area contributed by atoms with E-state index in [1.807, 2.05) is 6.92 Å². The molecule has 330 valence electrons. The van der Waals surface area contributed by atoms with Gasteiger partial charge in [-0.25, -0.2) is 4.79 Å². The number of carbonyl (C=O) groups is 5. The lowest BCUT2D eigenvalue weighted by Crippen LogP contribution is -2.99. The average molecular weight is 845 g/mol. The number of aliphatic hydroxyl groups is 2. The largest absolute Gasteiger partial charge is 0.472 e. The lowest BCUT2D eigenvalue weighted by molar-refractivity contribution is -0.479. The van der Waals surface area contributed by atoms with E-state index >= 15 is 0 Å². The standard InChI is InChI=1S/C43H56O17/c1-12-21(4)30(47)53-25-16-35(7)28(23-13-14-52-18-23)54-27(45)17-40(35)43-32(55-29(46)20(2)3)41(50)31(56-33(48)36(8)22(5)57-36)34(6)19-39(41,49)37(9,24(34)15-26(44)51-11)42(25,43)59-38(10,58-40)60-43/h13-14,18,20-22,24-25,28,31-32,49-50H,12,15-17,19H2,1-11H3/t21-,22+,24-,25+,28-,31+,32+,34-,35+,36+,37-,38+,39+,40-,41+,42-,43-/m0/s1. The molecule has 17 atom stereocenters. The third-order valence-electron chi connectivity index (χ3n) is 16.8. The van der Waals surface area contributed by atoms with Gasteiger partial charge >= 0.3 is 29.8 Å². The van der Waals surface area contributed by atoms with E-state index in [4.69, 9.17) is 47.0 Å². The Morgan fingerprint density at radius 1 is 0.933 bits per heavy atom. The van der Waals surface area contributed by atoms with E-state index in [2.05, 4.69) is 0 Å². The summed E-state index contributed by atoms with van der Waals surface area (Å²) in [6.07, 6.45) is -5.20. The summed E-state index contributed by atoms with van der Waals surface area (Å²) in [7, 11) is 1.21. The zero-order chi connectivity index (χ0) is 43.8. The molecule has 4 aliphatic carbocycles. The maximum Gasteiger partial charge on any atom is 0.341 e. The van der Waals surface area contributed by atoms with Gasteiger partial charge in [0, 0.05) is 35.2 Å². The van der Waals surface area contributed by atoms with Crippen LogP contribution < -0.4 is 0 Å². The minimum absolute atomic E-state index is 0.151. The van der Waals surface area contributed by atoms with Crippen molar-refractivity contribution in [3.8, 4) is 0 Å². The molecule has 0 unspecified atom stereocenters. The highest BCUT2D eigenvalue weighted by molar-refractivity contribution is 5.83. The molecule has 4 saturated carbocycles. The van der Waals surface area contributed by atoms with Crippen LogP contribution in [0, 0.1) is 34.0 Å². The molecule has 0 aromatic carbocycles. The SMILES string of the molecule is CC[C@H](C)C(=O)O[C@@H]1C[C@]2(C)[C@H](c3ccoc3)OC(=O)C[C@]23O[C@@]2(C)O[C@@]34[C@H](OC(=O)C(C)C)[C@]3(O)[C@H](OC(=O)[C@]5(C)O[C@@H]5C)[C@@]5(C)C[C@@]3(O)[C@](C)([C@H]5CC(=O)OC)[C@@]14O2. The number of furan rings is 1. The summed E-state index contributed by atoms with van der Waals surface area (Å²) in [6, 6.07) is 1.62. The van der Waals surface area contributed by atoms with Crippen molar-refractivity contribution in [3.63, 3.8) is 0 Å².